The molecule has 6 nitrogen and oxygen atoms in total. The van der Waals surface area contributed by atoms with Gasteiger partial charge < -0.3 is 4.90 Å². The minimum absolute atomic E-state index is 0.150. The van der Waals surface area contributed by atoms with Crippen LogP contribution in [0.15, 0.2) is 72.9 Å². The van der Waals surface area contributed by atoms with Gasteiger partial charge in [-0.3, -0.25) is 14.6 Å². The average Bonchev–Trinajstić information content (AvgIpc) is 3.15. The summed E-state index contributed by atoms with van der Waals surface area (Å²) in [4.78, 5) is 34.5. The third kappa shape index (κ3) is 4.53. The number of rotatable bonds is 6. The summed E-state index contributed by atoms with van der Waals surface area (Å²) in [6.45, 7) is 0.735. The second-order valence-electron chi connectivity index (χ2n) is 7.11. The van der Waals surface area contributed by atoms with Gasteiger partial charge in [-0.25, -0.2) is 18.6 Å². The zero-order chi connectivity index (χ0) is 21.8. The van der Waals surface area contributed by atoms with Crippen molar-refractivity contribution in [1.82, 2.24) is 9.88 Å². The van der Waals surface area contributed by atoms with Crippen molar-refractivity contribution in [2.45, 2.75) is 6.54 Å². The molecule has 0 aliphatic carbocycles. The molecule has 1 saturated heterocycles. The first-order valence-electron chi connectivity index (χ1n) is 9.80. The maximum absolute atomic E-state index is 13.6. The summed E-state index contributed by atoms with van der Waals surface area (Å²) in [5.41, 5.74) is 1.18. The minimum Gasteiger partial charge on any atom is -0.313 e. The number of anilines is 2. The number of hydrogen-bond donors (Lipinski definition) is 0. The van der Waals surface area contributed by atoms with E-state index in [-0.39, 0.29) is 24.7 Å². The predicted molar refractivity (Wildman–Crippen MR) is 113 cm³/mol. The molecule has 2 heterocycles. The Bertz CT molecular complexity index is 1080. The number of pyridine rings is 1. The number of carbonyl (C=O) groups is 2. The van der Waals surface area contributed by atoms with Crippen LogP contribution in [-0.4, -0.2) is 41.5 Å². The molecule has 3 amide bonds. The Morgan fingerprint density at radius 1 is 0.968 bits per heavy atom. The Morgan fingerprint density at radius 2 is 1.74 bits per heavy atom. The number of halogens is 2. The molecule has 0 spiro atoms. The topological polar surface area (TPSA) is 56.8 Å². The molecule has 1 aliphatic heterocycles. The fourth-order valence-corrected chi connectivity index (χ4v) is 3.45. The molecule has 8 heteroatoms. The van der Waals surface area contributed by atoms with Crippen LogP contribution in [0.25, 0.3) is 0 Å². The summed E-state index contributed by atoms with van der Waals surface area (Å²) in [5.74, 6) is -1.80. The van der Waals surface area contributed by atoms with Crippen molar-refractivity contribution in [3.8, 4) is 0 Å². The van der Waals surface area contributed by atoms with Gasteiger partial charge in [-0.2, -0.15) is 0 Å². The van der Waals surface area contributed by atoms with Crippen molar-refractivity contribution in [2.75, 3.05) is 29.4 Å². The second kappa shape index (κ2) is 8.91. The Morgan fingerprint density at radius 3 is 2.45 bits per heavy atom. The number of amides is 3. The van der Waals surface area contributed by atoms with Crippen molar-refractivity contribution in [2.24, 2.45) is 0 Å². The predicted octanol–water partition coefficient (Wildman–Crippen LogP) is 3.84. The van der Waals surface area contributed by atoms with Crippen LogP contribution in [0.5, 0.6) is 0 Å². The number of urea groups is 1. The van der Waals surface area contributed by atoms with Gasteiger partial charge in [0, 0.05) is 31.0 Å². The van der Waals surface area contributed by atoms with Crippen LogP contribution in [0.2, 0.25) is 0 Å². The Kier molecular flexibility index (Phi) is 5.88. The molecule has 0 saturated carbocycles. The fourth-order valence-electron chi connectivity index (χ4n) is 3.45. The molecule has 1 fully saturated rings. The molecular formula is C23H20F2N4O2. The van der Waals surface area contributed by atoms with Crippen LogP contribution in [0, 0.1) is 11.6 Å². The van der Waals surface area contributed by atoms with E-state index in [9.17, 15) is 18.4 Å². The van der Waals surface area contributed by atoms with E-state index in [0.717, 1.165) is 17.7 Å². The van der Waals surface area contributed by atoms with Crippen molar-refractivity contribution in [1.29, 1.82) is 0 Å². The SMILES string of the molecule is O=C1N(CC(=O)N(Cc2ccccc2)c2ccccn2)CCN1c1ccc(F)c(F)c1. The lowest BCUT2D eigenvalue weighted by Gasteiger charge is -2.25. The van der Waals surface area contributed by atoms with E-state index in [1.165, 1.54) is 20.8 Å². The lowest BCUT2D eigenvalue weighted by Crippen LogP contribution is -2.42. The van der Waals surface area contributed by atoms with Crippen LogP contribution in [0.3, 0.4) is 0 Å². The van der Waals surface area contributed by atoms with E-state index in [0.29, 0.717) is 18.9 Å². The van der Waals surface area contributed by atoms with E-state index in [4.69, 9.17) is 0 Å². The van der Waals surface area contributed by atoms with Crippen molar-refractivity contribution >= 4 is 23.4 Å². The van der Waals surface area contributed by atoms with Gasteiger partial charge in [-0.05, 0) is 29.8 Å². The molecule has 0 atom stereocenters. The molecule has 0 unspecified atom stereocenters. The van der Waals surface area contributed by atoms with E-state index in [1.807, 2.05) is 30.3 Å². The number of hydrogen-bond acceptors (Lipinski definition) is 3. The van der Waals surface area contributed by atoms with Gasteiger partial charge >= 0.3 is 6.03 Å². The third-order valence-electron chi connectivity index (χ3n) is 5.05. The van der Waals surface area contributed by atoms with Gasteiger partial charge in [0.1, 0.15) is 12.4 Å². The van der Waals surface area contributed by atoms with Gasteiger partial charge in [0.2, 0.25) is 5.91 Å². The van der Waals surface area contributed by atoms with Crippen molar-refractivity contribution in [3.05, 3.63) is 90.1 Å². The highest BCUT2D eigenvalue weighted by Gasteiger charge is 2.32. The lowest BCUT2D eigenvalue weighted by molar-refractivity contribution is -0.119. The second-order valence-corrected chi connectivity index (χ2v) is 7.11. The Labute approximate surface area is 178 Å². The molecule has 0 N–H and O–H groups in total. The highest BCUT2D eigenvalue weighted by atomic mass is 19.2. The summed E-state index contributed by atoms with van der Waals surface area (Å²) < 4.78 is 26.8. The number of nitrogens with zero attached hydrogens (tertiary/aromatic N) is 4. The summed E-state index contributed by atoms with van der Waals surface area (Å²) in [7, 11) is 0. The molecular weight excluding hydrogens is 402 g/mol. The summed E-state index contributed by atoms with van der Waals surface area (Å²) in [5, 5.41) is 0. The maximum Gasteiger partial charge on any atom is 0.325 e. The quantitative estimate of drug-likeness (QED) is 0.607. The number of aromatic nitrogens is 1. The van der Waals surface area contributed by atoms with Gasteiger partial charge in [0.25, 0.3) is 0 Å². The monoisotopic (exact) mass is 422 g/mol. The molecule has 2 aromatic carbocycles. The molecule has 0 radical (unpaired) electrons. The molecule has 4 rings (SSSR count). The van der Waals surface area contributed by atoms with Crippen LogP contribution in [0.1, 0.15) is 5.56 Å². The van der Waals surface area contributed by atoms with E-state index in [1.54, 1.807) is 24.4 Å². The minimum atomic E-state index is -1.02. The molecule has 1 aliphatic rings. The Balaban J connectivity index is 1.50. The molecule has 158 valence electrons. The first kappa shape index (κ1) is 20.5. The third-order valence-corrected chi connectivity index (χ3v) is 5.05. The number of benzene rings is 2. The van der Waals surface area contributed by atoms with E-state index in [2.05, 4.69) is 4.98 Å². The van der Waals surface area contributed by atoms with Gasteiger partial charge in [-0.1, -0.05) is 36.4 Å². The van der Waals surface area contributed by atoms with E-state index >= 15 is 0 Å². The highest BCUT2D eigenvalue weighted by molar-refractivity contribution is 6.00. The fraction of sp³-hybridized carbons (Fsp3) is 0.174. The maximum atomic E-state index is 13.6. The van der Waals surface area contributed by atoms with Crippen molar-refractivity contribution < 1.29 is 18.4 Å². The summed E-state index contributed by atoms with van der Waals surface area (Å²) in [6, 6.07) is 17.7. The normalized spacial score (nSPS) is 13.5. The summed E-state index contributed by atoms with van der Waals surface area (Å²) >= 11 is 0. The zero-order valence-corrected chi connectivity index (χ0v) is 16.6. The van der Waals surface area contributed by atoms with Gasteiger partial charge in [-0.15, -0.1) is 0 Å². The molecule has 31 heavy (non-hydrogen) atoms. The van der Waals surface area contributed by atoms with Crippen LogP contribution < -0.4 is 9.80 Å². The van der Waals surface area contributed by atoms with Crippen LogP contribution in [0.4, 0.5) is 25.1 Å². The van der Waals surface area contributed by atoms with Crippen LogP contribution in [-0.2, 0) is 11.3 Å². The molecule has 3 aromatic rings. The smallest absolute Gasteiger partial charge is 0.313 e. The zero-order valence-electron chi connectivity index (χ0n) is 16.6. The number of carbonyl (C=O) groups excluding carboxylic acids is 2. The molecule has 0 bridgehead atoms. The summed E-state index contributed by atoms with van der Waals surface area (Å²) in [6.07, 6.45) is 1.60. The molecule has 1 aromatic heterocycles. The largest absolute Gasteiger partial charge is 0.325 e. The van der Waals surface area contributed by atoms with Gasteiger partial charge in [0.05, 0.1) is 6.54 Å². The average molecular weight is 422 g/mol. The Hall–Kier alpha value is -3.81. The first-order valence-corrected chi connectivity index (χ1v) is 9.80. The van der Waals surface area contributed by atoms with Crippen molar-refractivity contribution in [3.63, 3.8) is 0 Å². The first-order chi connectivity index (χ1) is 15.0. The lowest BCUT2D eigenvalue weighted by atomic mass is 10.2. The highest BCUT2D eigenvalue weighted by Crippen LogP contribution is 2.23. The standard InChI is InChI=1S/C23H20F2N4O2/c24-19-10-9-18(14-20(19)25)28-13-12-27(23(28)31)16-22(30)29(21-8-4-5-11-26-21)15-17-6-2-1-3-7-17/h1-11,14H,12-13,15-16H2. The van der Waals surface area contributed by atoms with Crippen LogP contribution >= 0.6 is 0 Å². The van der Waals surface area contributed by atoms with E-state index < -0.39 is 17.7 Å². The van der Waals surface area contributed by atoms with Gasteiger partial charge in [0.15, 0.2) is 11.6 Å².